The molecule has 2 aromatic heterocycles. The Labute approximate surface area is 62.5 Å². The van der Waals surface area contributed by atoms with Gasteiger partial charge in [0.25, 0.3) is 5.56 Å². The number of rotatable bonds is 1. The highest BCUT2D eigenvalue weighted by molar-refractivity contribution is 5.20. The lowest BCUT2D eigenvalue weighted by Crippen LogP contribution is -2.02. The molecule has 0 fully saturated rings. The third kappa shape index (κ3) is 0.980. The second-order valence-electron chi connectivity index (χ2n) is 2.22. The van der Waals surface area contributed by atoms with Crippen molar-refractivity contribution in [1.29, 1.82) is 0 Å². The third-order valence-electron chi connectivity index (χ3n) is 1.45. The first-order valence-corrected chi connectivity index (χ1v) is 3.28. The highest BCUT2D eigenvalue weighted by Crippen LogP contribution is 1.98. The lowest BCUT2D eigenvalue weighted by molar-refractivity contribution is 0.840. The van der Waals surface area contributed by atoms with Crippen LogP contribution in [0.5, 0.6) is 0 Å². The molecule has 0 aliphatic rings. The summed E-state index contributed by atoms with van der Waals surface area (Å²) in [6.07, 6.45) is 3.47. The van der Waals surface area contributed by atoms with Crippen molar-refractivity contribution in [1.82, 2.24) is 14.8 Å². The van der Waals surface area contributed by atoms with Gasteiger partial charge in [-0.05, 0) is 12.1 Å². The normalized spacial score (nSPS) is 10.2. The number of hydrogen-bond acceptors (Lipinski definition) is 1. The van der Waals surface area contributed by atoms with Gasteiger partial charge < -0.3 is 4.98 Å². The molecule has 0 saturated heterocycles. The van der Waals surface area contributed by atoms with Gasteiger partial charge in [0.2, 0.25) is 0 Å². The van der Waals surface area contributed by atoms with E-state index in [2.05, 4.69) is 10.1 Å². The van der Waals surface area contributed by atoms with Gasteiger partial charge in [0.1, 0.15) is 5.82 Å². The number of aromatic amines is 2. The Bertz CT molecular complexity index is 382. The van der Waals surface area contributed by atoms with Crippen LogP contribution in [0.25, 0.3) is 5.82 Å². The zero-order chi connectivity index (χ0) is 7.68. The van der Waals surface area contributed by atoms with E-state index in [4.69, 9.17) is 0 Å². The SMILES string of the molecule is O=c1ccn(-c2ccc[nH]2)[nH]1. The average molecular weight is 149 g/mol. The molecule has 0 aliphatic carbocycles. The summed E-state index contributed by atoms with van der Waals surface area (Å²) in [7, 11) is 0. The van der Waals surface area contributed by atoms with Crippen LogP contribution in [-0.2, 0) is 0 Å². The van der Waals surface area contributed by atoms with Crippen LogP contribution in [0.1, 0.15) is 0 Å². The highest BCUT2D eigenvalue weighted by Gasteiger charge is 1.93. The molecule has 0 atom stereocenters. The summed E-state index contributed by atoms with van der Waals surface area (Å²) in [5.74, 6) is 0.854. The summed E-state index contributed by atoms with van der Waals surface area (Å²) in [4.78, 5) is 13.7. The van der Waals surface area contributed by atoms with Crippen molar-refractivity contribution >= 4 is 0 Å². The lowest BCUT2D eigenvalue weighted by Gasteiger charge is -1.94. The Morgan fingerprint density at radius 1 is 1.36 bits per heavy atom. The number of nitrogens with one attached hydrogen (secondary N) is 2. The summed E-state index contributed by atoms with van der Waals surface area (Å²) >= 11 is 0. The molecule has 4 heteroatoms. The Morgan fingerprint density at radius 2 is 2.27 bits per heavy atom. The van der Waals surface area contributed by atoms with E-state index in [1.807, 2.05) is 12.1 Å². The maximum Gasteiger partial charge on any atom is 0.264 e. The number of hydrogen-bond donors (Lipinski definition) is 2. The maximum absolute atomic E-state index is 10.7. The fourth-order valence-corrected chi connectivity index (χ4v) is 0.947. The zero-order valence-electron chi connectivity index (χ0n) is 5.74. The van der Waals surface area contributed by atoms with Crippen LogP contribution in [0.15, 0.2) is 35.4 Å². The molecule has 0 amide bonds. The molecule has 4 nitrogen and oxygen atoms in total. The minimum absolute atomic E-state index is 0.0976. The summed E-state index contributed by atoms with van der Waals surface area (Å²) in [6.45, 7) is 0. The first kappa shape index (κ1) is 6.03. The first-order chi connectivity index (χ1) is 5.36. The van der Waals surface area contributed by atoms with Crippen molar-refractivity contribution < 1.29 is 0 Å². The summed E-state index contributed by atoms with van der Waals surface area (Å²) < 4.78 is 1.63. The van der Waals surface area contributed by atoms with Gasteiger partial charge in [0.15, 0.2) is 0 Å². The van der Waals surface area contributed by atoms with Crippen molar-refractivity contribution in [3.63, 3.8) is 0 Å². The van der Waals surface area contributed by atoms with Crippen molar-refractivity contribution in [3.8, 4) is 5.82 Å². The van der Waals surface area contributed by atoms with E-state index in [0.717, 1.165) is 5.82 Å². The topological polar surface area (TPSA) is 53.6 Å². The Hall–Kier alpha value is -1.71. The quantitative estimate of drug-likeness (QED) is 0.609. The molecule has 0 aromatic carbocycles. The molecular formula is C7H7N3O. The van der Waals surface area contributed by atoms with E-state index < -0.39 is 0 Å². The van der Waals surface area contributed by atoms with E-state index in [9.17, 15) is 4.79 Å². The molecule has 0 radical (unpaired) electrons. The van der Waals surface area contributed by atoms with E-state index in [-0.39, 0.29) is 5.56 Å². The van der Waals surface area contributed by atoms with Crippen molar-refractivity contribution in [3.05, 3.63) is 40.9 Å². The minimum Gasteiger partial charge on any atom is -0.347 e. The Morgan fingerprint density at radius 3 is 2.82 bits per heavy atom. The van der Waals surface area contributed by atoms with Crippen LogP contribution in [0.3, 0.4) is 0 Å². The molecule has 2 aromatic rings. The van der Waals surface area contributed by atoms with Crippen LogP contribution < -0.4 is 5.56 Å². The summed E-state index contributed by atoms with van der Waals surface area (Å²) in [6, 6.07) is 5.21. The lowest BCUT2D eigenvalue weighted by atomic mass is 10.6. The summed E-state index contributed by atoms with van der Waals surface area (Å²) in [5, 5.41) is 2.61. The maximum atomic E-state index is 10.7. The van der Waals surface area contributed by atoms with Crippen molar-refractivity contribution in [2.75, 3.05) is 0 Å². The van der Waals surface area contributed by atoms with E-state index in [1.165, 1.54) is 6.07 Å². The molecule has 0 spiro atoms. The Balaban J connectivity index is 2.53. The van der Waals surface area contributed by atoms with Gasteiger partial charge in [0.05, 0.1) is 0 Å². The summed E-state index contributed by atoms with van der Waals surface area (Å²) in [5.41, 5.74) is -0.0976. The van der Waals surface area contributed by atoms with Gasteiger partial charge in [-0.2, -0.15) is 0 Å². The highest BCUT2D eigenvalue weighted by atomic mass is 16.1. The molecule has 0 unspecified atom stereocenters. The molecule has 11 heavy (non-hydrogen) atoms. The van der Waals surface area contributed by atoms with E-state index >= 15 is 0 Å². The van der Waals surface area contributed by atoms with E-state index in [0.29, 0.717) is 0 Å². The predicted octanol–water partition coefficient (Wildman–Crippen LogP) is 0.494. The van der Waals surface area contributed by atoms with Crippen molar-refractivity contribution in [2.24, 2.45) is 0 Å². The molecule has 0 bridgehead atoms. The van der Waals surface area contributed by atoms with E-state index in [1.54, 1.807) is 17.1 Å². The van der Waals surface area contributed by atoms with Crippen LogP contribution in [0.4, 0.5) is 0 Å². The van der Waals surface area contributed by atoms with Crippen LogP contribution >= 0.6 is 0 Å². The number of H-pyrrole nitrogens is 2. The minimum atomic E-state index is -0.0976. The van der Waals surface area contributed by atoms with Gasteiger partial charge in [-0.3, -0.25) is 9.89 Å². The van der Waals surface area contributed by atoms with Gasteiger partial charge >= 0.3 is 0 Å². The predicted molar refractivity (Wildman–Crippen MR) is 40.7 cm³/mol. The molecule has 0 aliphatic heterocycles. The first-order valence-electron chi connectivity index (χ1n) is 3.28. The van der Waals surface area contributed by atoms with Gasteiger partial charge in [-0.1, -0.05) is 0 Å². The Kier molecular flexibility index (Phi) is 1.18. The zero-order valence-corrected chi connectivity index (χ0v) is 5.74. The molecular weight excluding hydrogens is 142 g/mol. The second-order valence-corrected chi connectivity index (χ2v) is 2.22. The van der Waals surface area contributed by atoms with Gasteiger partial charge in [-0.15, -0.1) is 0 Å². The molecule has 2 N–H and O–H groups in total. The van der Waals surface area contributed by atoms with Crippen molar-refractivity contribution in [2.45, 2.75) is 0 Å². The fraction of sp³-hybridized carbons (Fsp3) is 0. The smallest absolute Gasteiger partial charge is 0.264 e. The van der Waals surface area contributed by atoms with Crippen LogP contribution in [0, 0.1) is 0 Å². The fourth-order valence-electron chi connectivity index (χ4n) is 0.947. The van der Waals surface area contributed by atoms with Gasteiger partial charge in [0, 0.05) is 18.5 Å². The molecule has 2 heterocycles. The molecule has 56 valence electrons. The monoisotopic (exact) mass is 149 g/mol. The molecule has 0 saturated carbocycles. The second kappa shape index (κ2) is 2.16. The number of nitrogens with zero attached hydrogens (tertiary/aromatic N) is 1. The molecule has 2 rings (SSSR count). The van der Waals surface area contributed by atoms with Gasteiger partial charge in [-0.25, -0.2) is 4.68 Å². The average Bonchev–Trinajstić information content (AvgIpc) is 2.55. The van der Waals surface area contributed by atoms with Crippen LogP contribution in [0.2, 0.25) is 0 Å². The standard InChI is InChI=1S/C7H7N3O/c11-7-3-5-10(9-7)6-2-1-4-8-6/h1-5,8H,(H,9,11). The third-order valence-corrected chi connectivity index (χ3v) is 1.45. The van der Waals surface area contributed by atoms with Crippen LogP contribution in [-0.4, -0.2) is 14.8 Å². The number of aromatic nitrogens is 3. The largest absolute Gasteiger partial charge is 0.347 e.